The van der Waals surface area contributed by atoms with Crippen molar-refractivity contribution in [3.05, 3.63) is 89.0 Å². The van der Waals surface area contributed by atoms with Crippen molar-refractivity contribution in [3.8, 4) is 5.75 Å². The lowest BCUT2D eigenvalue weighted by Gasteiger charge is -2.34. The normalized spacial score (nSPS) is 12.4. The summed E-state index contributed by atoms with van der Waals surface area (Å²) in [4.78, 5) is 28.9. The van der Waals surface area contributed by atoms with E-state index >= 15 is 0 Å². The molecule has 0 saturated carbocycles. The van der Waals surface area contributed by atoms with Crippen molar-refractivity contribution in [2.24, 2.45) is 0 Å². The highest BCUT2D eigenvalue weighted by Crippen LogP contribution is 2.34. The van der Waals surface area contributed by atoms with E-state index in [4.69, 9.17) is 4.74 Å². The van der Waals surface area contributed by atoms with E-state index in [0.29, 0.717) is 5.75 Å². The van der Waals surface area contributed by atoms with Gasteiger partial charge in [0, 0.05) is 12.1 Å². The minimum absolute atomic E-state index is 0.0448. The Hall–Kier alpha value is -3.85. The van der Waals surface area contributed by atoms with Crippen LogP contribution in [0, 0.1) is 20.8 Å². The van der Waals surface area contributed by atoms with Gasteiger partial charge in [-0.25, -0.2) is 8.42 Å². The maximum Gasteiger partial charge on any atom is 0.264 e. The van der Waals surface area contributed by atoms with Crippen molar-refractivity contribution in [1.82, 2.24) is 10.2 Å². The van der Waals surface area contributed by atoms with Crippen LogP contribution < -0.4 is 14.4 Å². The minimum atomic E-state index is -4.20. The Labute approximate surface area is 244 Å². The molecule has 3 aromatic rings. The minimum Gasteiger partial charge on any atom is -0.495 e. The molecule has 0 spiro atoms. The number of amides is 2. The van der Waals surface area contributed by atoms with Crippen LogP contribution in [0.3, 0.4) is 0 Å². The molecule has 0 bridgehead atoms. The average Bonchev–Trinajstić information content (AvgIpc) is 2.90. The van der Waals surface area contributed by atoms with E-state index in [0.717, 1.165) is 26.6 Å². The summed E-state index contributed by atoms with van der Waals surface area (Å²) in [6.07, 6.45) is 0. The van der Waals surface area contributed by atoms with E-state index < -0.39 is 34.1 Å². The zero-order chi connectivity index (χ0) is 30.5. The molecular formula is C32H41N3O5S. The Morgan fingerprint density at radius 1 is 0.927 bits per heavy atom. The number of ether oxygens (including phenoxy) is 1. The number of carbonyl (C=O) groups excluding carboxylic acids is 2. The first-order chi connectivity index (χ1) is 19.1. The number of aryl methyl sites for hydroxylation is 3. The first kappa shape index (κ1) is 31.7. The molecule has 220 valence electrons. The molecule has 2 amide bonds. The molecule has 1 atom stereocenters. The maximum absolute atomic E-state index is 14.2. The molecule has 8 nitrogen and oxygen atoms in total. The van der Waals surface area contributed by atoms with Gasteiger partial charge in [0.15, 0.2) is 0 Å². The summed E-state index contributed by atoms with van der Waals surface area (Å²) < 4.78 is 34.8. The van der Waals surface area contributed by atoms with Crippen LogP contribution >= 0.6 is 0 Å². The van der Waals surface area contributed by atoms with E-state index in [2.05, 4.69) is 5.32 Å². The van der Waals surface area contributed by atoms with Crippen LogP contribution in [0.25, 0.3) is 0 Å². The fourth-order valence-corrected chi connectivity index (χ4v) is 5.79. The van der Waals surface area contributed by atoms with Crippen molar-refractivity contribution in [1.29, 1.82) is 0 Å². The van der Waals surface area contributed by atoms with Crippen LogP contribution in [0.1, 0.15) is 49.9 Å². The number of anilines is 1. The summed E-state index contributed by atoms with van der Waals surface area (Å²) in [6.45, 7) is 12.5. The SMILES string of the molecule is COc1ccc(C)cc1N(CC(=O)N(Cc1ccccc1C)[C@H](C)C(=O)NC(C)(C)C)S(=O)(=O)c1ccc(C)cc1. The number of nitrogens with zero attached hydrogens (tertiary/aromatic N) is 2. The van der Waals surface area contributed by atoms with Crippen LogP contribution in [0.2, 0.25) is 0 Å². The van der Waals surface area contributed by atoms with Gasteiger partial charge in [-0.1, -0.05) is 48.0 Å². The van der Waals surface area contributed by atoms with Gasteiger partial charge in [0.25, 0.3) is 10.0 Å². The highest BCUT2D eigenvalue weighted by atomic mass is 32.2. The van der Waals surface area contributed by atoms with E-state index in [1.807, 2.05) is 71.9 Å². The van der Waals surface area contributed by atoms with E-state index in [-0.39, 0.29) is 23.0 Å². The van der Waals surface area contributed by atoms with Crippen molar-refractivity contribution in [3.63, 3.8) is 0 Å². The molecule has 0 aliphatic carbocycles. The molecule has 3 aromatic carbocycles. The Balaban J connectivity index is 2.12. The molecule has 0 unspecified atom stereocenters. The predicted molar refractivity (Wildman–Crippen MR) is 163 cm³/mol. The third-order valence-corrected chi connectivity index (χ3v) is 8.53. The molecule has 0 saturated heterocycles. The quantitative estimate of drug-likeness (QED) is 0.359. The molecule has 0 aliphatic rings. The van der Waals surface area contributed by atoms with Gasteiger partial charge in [-0.15, -0.1) is 0 Å². The Morgan fingerprint density at radius 3 is 2.12 bits per heavy atom. The molecule has 0 radical (unpaired) electrons. The number of rotatable bonds is 10. The van der Waals surface area contributed by atoms with Crippen LogP contribution in [0.15, 0.2) is 71.6 Å². The summed E-state index contributed by atoms with van der Waals surface area (Å²) in [6, 6.07) is 18.4. The highest BCUT2D eigenvalue weighted by Gasteiger charge is 2.34. The molecule has 9 heteroatoms. The zero-order valence-corrected chi connectivity index (χ0v) is 26.0. The molecule has 0 aromatic heterocycles. The lowest BCUT2D eigenvalue weighted by atomic mass is 10.1. The van der Waals surface area contributed by atoms with Crippen LogP contribution in [0.5, 0.6) is 5.75 Å². The topological polar surface area (TPSA) is 96.0 Å². The molecule has 0 aliphatic heterocycles. The van der Waals surface area contributed by atoms with Gasteiger partial charge in [0.1, 0.15) is 18.3 Å². The van der Waals surface area contributed by atoms with Crippen molar-refractivity contribution >= 4 is 27.5 Å². The van der Waals surface area contributed by atoms with Crippen molar-refractivity contribution in [2.45, 2.75) is 71.5 Å². The second-order valence-corrected chi connectivity index (χ2v) is 13.2. The van der Waals surface area contributed by atoms with Gasteiger partial charge in [-0.2, -0.15) is 0 Å². The molecule has 0 fully saturated rings. The lowest BCUT2D eigenvalue weighted by Crippen LogP contribution is -2.54. The second kappa shape index (κ2) is 12.8. The largest absolute Gasteiger partial charge is 0.495 e. The highest BCUT2D eigenvalue weighted by molar-refractivity contribution is 7.92. The smallest absolute Gasteiger partial charge is 0.264 e. The lowest BCUT2D eigenvalue weighted by molar-refractivity contribution is -0.140. The van der Waals surface area contributed by atoms with Gasteiger partial charge in [-0.05, 0) is 89.4 Å². The Kier molecular flexibility index (Phi) is 9.86. The van der Waals surface area contributed by atoms with Gasteiger partial charge in [0.05, 0.1) is 17.7 Å². The van der Waals surface area contributed by atoms with Crippen molar-refractivity contribution < 1.29 is 22.7 Å². The number of sulfonamides is 1. The first-order valence-corrected chi connectivity index (χ1v) is 15.0. The molecule has 0 heterocycles. The average molecular weight is 580 g/mol. The fraction of sp³-hybridized carbons (Fsp3) is 0.375. The molecule has 3 rings (SSSR count). The van der Waals surface area contributed by atoms with Crippen LogP contribution in [0.4, 0.5) is 5.69 Å². The fourth-order valence-electron chi connectivity index (χ4n) is 4.37. The standard InChI is InChI=1S/C32H41N3O5S/c1-22-13-16-27(17-14-22)41(38,39)35(28-19-23(2)15-18-29(28)40-8)21-30(36)34(20-26-12-10-9-11-24(26)3)25(4)31(37)33-32(5,6)7/h9-19,25H,20-21H2,1-8H3,(H,33,37)/t25-/m1/s1. The monoisotopic (exact) mass is 579 g/mol. The second-order valence-electron chi connectivity index (χ2n) is 11.4. The summed E-state index contributed by atoms with van der Waals surface area (Å²) in [5, 5.41) is 2.94. The maximum atomic E-state index is 14.2. The summed E-state index contributed by atoms with van der Waals surface area (Å²) >= 11 is 0. The number of hydrogen-bond donors (Lipinski definition) is 1. The number of benzene rings is 3. The Morgan fingerprint density at radius 2 is 1.54 bits per heavy atom. The van der Waals surface area contributed by atoms with Gasteiger partial charge in [0.2, 0.25) is 11.8 Å². The van der Waals surface area contributed by atoms with Gasteiger partial charge < -0.3 is 15.0 Å². The summed E-state index contributed by atoms with van der Waals surface area (Å²) in [7, 11) is -2.74. The van der Waals surface area contributed by atoms with Crippen LogP contribution in [-0.4, -0.2) is 50.4 Å². The van der Waals surface area contributed by atoms with E-state index in [1.165, 1.54) is 24.1 Å². The molecular weight excluding hydrogens is 538 g/mol. The summed E-state index contributed by atoms with van der Waals surface area (Å²) in [5.41, 5.74) is 3.24. The number of methoxy groups -OCH3 is 1. The van der Waals surface area contributed by atoms with Gasteiger partial charge in [-0.3, -0.25) is 13.9 Å². The molecule has 1 N–H and O–H groups in total. The Bertz CT molecular complexity index is 1490. The third kappa shape index (κ3) is 7.88. The number of hydrogen-bond acceptors (Lipinski definition) is 5. The number of nitrogens with one attached hydrogen (secondary N) is 1. The summed E-state index contributed by atoms with van der Waals surface area (Å²) in [5.74, 6) is -0.548. The predicted octanol–water partition coefficient (Wildman–Crippen LogP) is 5.15. The van der Waals surface area contributed by atoms with Crippen LogP contribution in [-0.2, 0) is 26.2 Å². The van der Waals surface area contributed by atoms with E-state index in [9.17, 15) is 18.0 Å². The first-order valence-electron chi connectivity index (χ1n) is 13.5. The van der Waals surface area contributed by atoms with E-state index in [1.54, 1.807) is 31.2 Å². The molecule has 41 heavy (non-hydrogen) atoms. The third-order valence-electron chi connectivity index (χ3n) is 6.76. The van der Waals surface area contributed by atoms with Gasteiger partial charge >= 0.3 is 0 Å². The number of carbonyl (C=O) groups is 2. The zero-order valence-electron chi connectivity index (χ0n) is 25.2. The van der Waals surface area contributed by atoms with Crippen molar-refractivity contribution in [2.75, 3.05) is 18.0 Å².